The maximum absolute atomic E-state index is 12.7. The van der Waals surface area contributed by atoms with Gasteiger partial charge in [0.05, 0.1) is 12.0 Å². The molecule has 8 nitrogen and oxygen atoms in total. The number of carboxylic acid groups (broad SMARTS) is 1. The average molecular weight is 460 g/mol. The highest BCUT2D eigenvalue weighted by molar-refractivity contribution is 5.99. The van der Waals surface area contributed by atoms with E-state index in [2.05, 4.69) is 20.8 Å². The fraction of sp³-hybridized carbons (Fsp3) is 0.273. The fourth-order valence-corrected chi connectivity index (χ4v) is 3.65. The molecule has 0 fully saturated rings. The molecule has 172 valence electrons. The molecule has 0 spiro atoms. The van der Waals surface area contributed by atoms with E-state index in [-0.39, 0.29) is 25.2 Å². The molecule has 1 aliphatic rings. The zero-order chi connectivity index (χ0) is 23.6. The van der Waals surface area contributed by atoms with Crippen LogP contribution in [0.1, 0.15) is 29.0 Å². The van der Waals surface area contributed by atoms with Gasteiger partial charge in [-0.3, -0.25) is 4.79 Å². The number of nitrogens with one attached hydrogen (secondary N) is 2. The Morgan fingerprint density at radius 1 is 1.21 bits per heavy atom. The van der Waals surface area contributed by atoms with Crippen molar-refractivity contribution in [2.75, 3.05) is 5.32 Å². The van der Waals surface area contributed by atoms with Crippen LogP contribution in [-0.2, 0) is 30.2 Å². The minimum Gasteiger partial charge on any atom is -0.465 e. The van der Waals surface area contributed by atoms with Gasteiger partial charge in [0.1, 0.15) is 0 Å². The number of carbonyl (C=O) groups excluding carboxylic acids is 1. The van der Waals surface area contributed by atoms with Crippen LogP contribution in [0.15, 0.2) is 47.0 Å². The van der Waals surface area contributed by atoms with E-state index in [1.807, 2.05) is 0 Å². The number of benzene rings is 2. The second-order valence-corrected chi connectivity index (χ2v) is 7.69. The number of aromatic nitrogens is 2. The molecule has 2 aromatic carbocycles. The summed E-state index contributed by atoms with van der Waals surface area (Å²) in [6, 6.07) is 9.37. The lowest BCUT2D eigenvalue weighted by Gasteiger charge is -2.16. The van der Waals surface area contributed by atoms with Gasteiger partial charge in [-0.25, -0.2) is 4.79 Å². The summed E-state index contributed by atoms with van der Waals surface area (Å²) in [4.78, 5) is 27.0. The Kier molecular flexibility index (Phi) is 6.03. The first-order valence-electron chi connectivity index (χ1n) is 10.1. The Balaban J connectivity index is 1.41. The maximum atomic E-state index is 12.7. The van der Waals surface area contributed by atoms with Gasteiger partial charge >= 0.3 is 12.3 Å². The standard InChI is InChI=1S/C22H19F3N4O4/c23-22(24,25)15-4-1-12(2-5-15)9-16(26-21(31)32)6-8-19-28-20(29-33-19)13-3-7-17-14(10-13)11-18(30)27-17/h1-5,7,10,16,26H,6,8-9,11H2,(H,27,30)(H,31,32)/t16-/m1/s1. The van der Waals surface area contributed by atoms with Gasteiger partial charge in [0.15, 0.2) is 0 Å². The molecular weight excluding hydrogens is 441 g/mol. The van der Waals surface area contributed by atoms with Crippen molar-refractivity contribution in [1.82, 2.24) is 15.5 Å². The molecule has 1 atom stereocenters. The number of aryl methyl sites for hydroxylation is 1. The summed E-state index contributed by atoms with van der Waals surface area (Å²) < 4.78 is 43.5. The lowest BCUT2D eigenvalue weighted by molar-refractivity contribution is -0.137. The molecule has 0 unspecified atom stereocenters. The van der Waals surface area contributed by atoms with Crippen LogP contribution in [0.5, 0.6) is 0 Å². The van der Waals surface area contributed by atoms with Crippen LogP contribution in [0.4, 0.5) is 23.7 Å². The lowest BCUT2D eigenvalue weighted by Crippen LogP contribution is -2.35. The third-order valence-corrected chi connectivity index (χ3v) is 5.25. The maximum Gasteiger partial charge on any atom is 0.416 e. The first kappa shape index (κ1) is 22.3. The van der Waals surface area contributed by atoms with Gasteiger partial charge in [0.25, 0.3) is 0 Å². The predicted octanol–water partition coefficient (Wildman–Crippen LogP) is 4.06. The number of carbonyl (C=O) groups is 2. The van der Waals surface area contributed by atoms with Crippen LogP contribution < -0.4 is 10.6 Å². The van der Waals surface area contributed by atoms with Crippen molar-refractivity contribution in [2.24, 2.45) is 0 Å². The molecule has 4 rings (SSSR count). The molecule has 33 heavy (non-hydrogen) atoms. The minimum atomic E-state index is -4.43. The van der Waals surface area contributed by atoms with Crippen LogP contribution >= 0.6 is 0 Å². The quantitative estimate of drug-likeness (QED) is 0.490. The highest BCUT2D eigenvalue weighted by Gasteiger charge is 2.30. The molecule has 3 aromatic rings. The average Bonchev–Trinajstić information content (AvgIpc) is 3.36. The molecule has 0 saturated carbocycles. The number of hydrogen-bond donors (Lipinski definition) is 3. The molecule has 0 aliphatic carbocycles. The Bertz CT molecular complexity index is 1180. The molecule has 2 amide bonds. The zero-order valence-electron chi connectivity index (χ0n) is 17.1. The summed E-state index contributed by atoms with van der Waals surface area (Å²) in [5.74, 6) is 0.558. The molecule has 3 N–H and O–H groups in total. The minimum absolute atomic E-state index is 0.0824. The van der Waals surface area contributed by atoms with Crippen molar-refractivity contribution in [3.05, 3.63) is 65.0 Å². The molecule has 1 aromatic heterocycles. The van der Waals surface area contributed by atoms with Gasteiger partial charge in [0, 0.05) is 23.7 Å². The zero-order valence-corrected chi connectivity index (χ0v) is 17.1. The number of amides is 2. The molecule has 0 radical (unpaired) electrons. The molecule has 0 bridgehead atoms. The largest absolute Gasteiger partial charge is 0.465 e. The summed E-state index contributed by atoms with van der Waals surface area (Å²) in [7, 11) is 0. The number of anilines is 1. The van der Waals surface area contributed by atoms with E-state index in [4.69, 9.17) is 9.63 Å². The summed E-state index contributed by atoms with van der Waals surface area (Å²) in [5, 5.41) is 18.2. The molecule has 1 aliphatic heterocycles. The van der Waals surface area contributed by atoms with Crippen LogP contribution in [0, 0.1) is 0 Å². The van der Waals surface area contributed by atoms with Crippen LogP contribution in [-0.4, -0.2) is 33.3 Å². The van der Waals surface area contributed by atoms with E-state index in [0.29, 0.717) is 29.3 Å². The fourth-order valence-electron chi connectivity index (χ4n) is 3.65. The highest BCUT2D eigenvalue weighted by Crippen LogP contribution is 2.30. The molecule has 11 heteroatoms. The van der Waals surface area contributed by atoms with Crippen LogP contribution in [0.3, 0.4) is 0 Å². The van der Waals surface area contributed by atoms with Gasteiger partial charge in [-0.1, -0.05) is 17.3 Å². The normalized spacial score (nSPS) is 14.0. The number of hydrogen-bond acceptors (Lipinski definition) is 5. The third-order valence-electron chi connectivity index (χ3n) is 5.25. The van der Waals surface area contributed by atoms with Gasteiger partial charge in [0.2, 0.25) is 17.6 Å². The van der Waals surface area contributed by atoms with Crippen molar-refractivity contribution < 1.29 is 32.4 Å². The smallest absolute Gasteiger partial charge is 0.416 e. The van der Waals surface area contributed by atoms with Gasteiger partial charge in [-0.15, -0.1) is 0 Å². The van der Waals surface area contributed by atoms with Gasteiger partial charge in [-0.2, -0.15) is 18.2 Å². The van der Waals surface area contributed by atoms with Crippen molar-refractivity contribution in [2.45, 2.75) is 37.9 Å². The summed E-state index contributed by atoms with van der Waals surface area (Å²) in [6.07, 6.45) is -4.62. The summed E-state index contributed by atoms with van der Waals surface area (Å²) >= 11 is 0. The van der Waals surface area contributed by atoms with E-state index >= 15 is 0 Å². The van der Waals surface area contributed by atoms with E-state index < -0.39 is 23.9 Å². The van der Waals surface area contributed by atoms with E-state index in [9.17, 15) is 22.8 Å². The Hall–Kier alpha value is -3.89. The SMILES string of the molecule is O=C(O)N[C@H](CCc1nc(-c2ccc3c(c2)CC(=O)N3)no1)Cc1ccc(C(F)(F)F)cc1. The topological polar surface area (TPSA) is 117 Å². The Morgan fingerprint density at radius 2 is 1.97 bits per heavy atom. The first-order valence-corrected chi connectivity index (χ1v) is 10.1. The van der Waals surface area contributed by atoms with Crippen LogP contribution in [0.25, 0.3) is 11.4 Å². The van der Waals surface area contributed by atoms with Crippen molar-refractivity contribution >= 4 is 17.7 Å². The highest BCUT2D eigenvalue weighted by atomic mass is 19.4. The second-order valence-electron chi connectivity index (χ2n) is 7.69. The van der Waals surface area contributed by atoms with Crippen molar-refractivity contribution in [1.29, 1.82) is 0 Å². The van der Waals surface area contributed by atoms with Gasteiger partial charge < -0.3 is 20.3 Å². The number of nitrogens with zero attached hydrogens (tertiary/aromatic N) is 2. The van der Waals surface area contributed by atoms with Crippen molar-refractivity contribution in [3.8, 4) is 11.4 Å². The summed E-state index contributed by atoms with van der Waals surface area (Å²) in [5.41, 5.74) is 2.07. The van der Waals surface area contributed by atoms with Crippen molar-refractivity contribution in [3.63, 3.8) is 0 Å². The lowest BCUT2D eigenvalue weighted by atomic mass is 10.0. The Labute approximate surface area is 185 Å². The van der Waals surface area contributed by atoms with E-state index in [1.165, 1.54) is 12.1 Å². The number of halogens is 3. The third kappa shape index (κ3) is 5.48. The van der Waals surface area contributed by atoms with E-state index in [1.54, 1.807) is 18.2 Å². The monoisotopic (exact) mass is 460 g/mol. The molecule has 0 saturated heterocycles. The Morgan fingerprint density at radius 3 is 2.67 bits per heavy atom. The summed E-state index contributed by atoms with van der Waals surface area (Å²) in [6.45, 7) is 0. The number of alkyl halides is 3. The van der Waals surface area contributed by atoms with Gasteiger partial charge in [-0.05, 0) is 54.3 Å². The number of rotatable bonds is 7. The predicted molar refractivity (Wildman–Crippen MR) is 110 cm³/mol. The van der Waals surface area contributed by atoms with E-state index in [0.717, 1.165) is 23.4 Å². The molecular formula is C22H19F3N4O4. The molecule has 2 heterocycles. The second kappa shape index (κ2) is 8.93. The number of fused-ring (bicyclic) bond motifs is 1. The van der Waals surface area contributed by atoms with Crippen LogP contribution in [0.2, 0.25) is 0 Å². The first-order chi connectivity index (χ1) is 15.7.